The minimum absolute atomic E-state index is 0.180. The van der Waals surface area contributed by atoms with E-state index < -0.39 is 0 Å². The first-order chi connectivity index (χ1) is 6.33. The SMILES string of the molecule is C[C@@H]1CC(=O)[C@H](CN(C)C)C(C)(C)C1. The molecular weight excluding hydrogens is 174 g/mol. The van der Waals surface area contributed by atoms with Gasteiger partial charge in [0, 0.05) is 18.9 Å². The van der Waals surface area contributed by atoms with Crippen LogP contribution in [0.15, 0.2) is 0 Å². The summed E-state index contributed by atoms with van der Waals surface area (Å²) in [6.07, 6.45) is 1.96. The Morgan fingerprint density at radius 2 is 2.00 bits per heavy atom. The van der Waals surface area contributed by atoms with Crippen molar-refractivity contribution in [2.24, 2.45) is 17.3 Å². The van der Waals surface area contributed by atoms with E-state index in [1.807, 2.05) is 14.1 Å². The highest BCUT2D eigenvalue weighted by Crippen LogP contribution is 2.41. The summed E-state index contributed by atoms with van der Waals surface area (Å²) in [6, 6.07) is 0. The van der Waals surface area contributed by atoms with Gasteiger partial charge in [0.1, 0.15) is 5.78 Å². The molecule has 0 aromatic heterocycles. The zero-order chi connectivity index (χ0) is 10.9. The molecule has 2 atom stereocenters. The van der Waals surface area contributed by atoms with Crippen LogP contribution in [0.4, 0.5) is 0 Å². The molecule has 0 aromatic carbocycles. The van der Waals surface area contributed by atoms with Crippen molar-refractivity contribution in [2.45, 2.75) is 33.6 Å². The molecule has 0 radical (unpaired) electrons. The molecule has 14 heavy (non-hydrogen) atoms. The van der Waals surface area contributed by atoms with E-state index in [2.05, 4.69) is 25.7 Å². The minimum Gasteiger partial charge on any atom is -0.309 e. The zero-order valence-corrected chi connectivity index (χ0v) is 10.1. The summed E-state index contributed by atoms with van der Waals surface area (Å²) in [5, 5.41) is 0. The molecule has 0 spiro atoms. The van der Waals surface area contributed by atoms with Crippen molar-refractivity contribution < 1.29 is 4.79 Å². The Hall–Kier alpha value is -0.370. The monoisotopic (exact) mass is 197 g/mol. The number of Topliss-reactive ketones (excluding diaryl/α,β-unsaturated/α-hetero) is 1. The third-order valence-corrected chi connectivity index (χ3v) is 3.30. The molecule has 0 bridgehead atoms. The van der Waals surface area contributed by atoms with Crippen LogP contribution in [0.3, 0.4) is 0 Å². The van der Waals surface area contributed by atoms with Crippen LogP contribution in [0.2, 0.25) is 0 Å². The van der Waals surface area contributed by atoms with Crippen molar-refractivity contribution >= 4 is 5.78 Å². The average Bonchev–Trinajstić information content (AvgIpc) is 1.95. The number of rotatable bonds is 2. The van der Waals surface area contributed by atoms with E-state index in [-0.39, 0.29) is 11.3 Å². The van der Waals surface area contributed by atoms with Gasteiger partial charge < -0.3 is 4.90 Å². The van der Waals surface area contributed by atoms with Crippen molar-refractivity contribution in [1.29, 1.82) is 0 Å². The van der Waals surface area contributed by atoms with Crippen molar-refractivity contribution in [3.63, 3.8) is 0 Å². The highest BCUT2D eigenvalue weighted by Gasteiger charge is 2.40. The first kappa shape index (κ1) is 11.7. The van der Waals surface area contributed by atoms with Crippen LogP contribution >= 0.6 is 0 Å². The third kappa shape index (κ3) is 2.57. The van der Waals surface area contributed by atoms with E-state index in [0.717, 1.165) is 13.0 Å². The topological polar surface area (TPSA) is 20.3 Å². The van der Waals surface area contributed by atoms with Gasteiger partial charge in [-0.05, 0) is 31.8 Å². The Bertz CT molecular complexity index is 220. The minimum atomic E-state index is 0.180. The van der Waals surface area contributed by atoms with Crippen molar-refractivity contribution in [3.05, 3.63) is 0 Å². The van der Waals surface area contributed by atoms with Gasteiger partial charge in [0.25, 0.3) is 0 Å². The van der Waals surface area contributed by atoms with E-state index in [9.17, 15) is 4.79 Å². The lowest BCUT2D eigenvalue weighted by Crippen LogP contribution is -2.43. The Morgan fingerprint density at radius 3 is 2.43 bits per heavy atom. The predicted octanol–water partition coefficient (Wildman–Crippen LogP) is 2.19. The summed E-state index contributed by atoms with van der Waals surface area (Å²) in [4.78, 5) is 14.1. The molecule has 0 aromatic rings. The molecule has 1 aliphatic rings. The van der Waals surface area contributed by atoms with Gasteiger partial charge in [0.2, 0.25) is 0 Å². The molecule has 0 N–H and O–H groups in total. The Kier molecular flexibility index (Phi) is 3.36. The molecule has 0 saturated heterocycles. The fourth-order valence-electron chi connectivity index (χ4n) is 2.75. The van der Waals surface area contributed by atoms with Gasteiger partial charge in [0.05, 0.1) is 0 Å². The summed E-state index contributed by atoms with van der Waals surface area (Å²) in [6.45, 7) is 7.55. The summed E-state index contributed by atoms with van der Waals surface area (Å²) in [5.74, 6) is 1.26. The van der Waals surface area contributed by atoms with E-state index in [0.29, 0.717) is 11.7 Å². The maximum Gasteiger partial charge on any atom is 0.138 e. The standard InChI is InChI=1S/C12H23NO/c1-9-6-11(14)10(8-13(4)5)12(2,3)7-9/h9-10H,6-8H2,1-5H3/t9-,10+/m1/s1. The number of carbonyl (C=O) groups excluding carboxylic acids is 1. The fourth-order valence-corrected chi connectivity index (χ4v) is 2.75. The van der Waals surface area contributed by atoms with Crippen molar-refractivity contribution in [3.8, 4) is 0 Å². The van der Waals surface area contributed by atoms with Gasteiger partial charge in [0.15, 0.2) is 0 Å². The van der Waals surface area contributed by atoms with Crippen LogP contribution in [0, 0.1) is 17.3 Å². The lowest BCUT2D eigenvalue weighted by Gasteiger charge is -2.41. The number of nitrogens with zero attached hydrogens (tertiary/aromatic N) is 1. The van der Waals surface area contributed by atoms with Crippen LogP contribution in [0.25, 0.3) is 0 Å². The summed E-state index contributed by atoms with van der Waals surface area (Å²) in [5.41, 5.74) is 0.180. The summed E-state index contributed by atoms with van der Waals surface area (Å²) < 4.78 is 0. The van der Waals surface area contributed by atoms with Gasteiger partial charge in [-0.1, -0.05) is 20.8 Å². The maximum atomic E-state index is 11.9. The van der Waals surface area contributed by atoms with E-state index >= 15 is 0 Å². The lowest BCUT2D eigenvalue weighted by molar-refractivity contribution is -0.132. The second-order valence-electron chi connectivity index (χ2n) is 5.78. The maximum absolute atomic E-state index is 11.9. The molecule has 0 unspecified atom stereocenters. The molecule has 1 fully saturated rings. The highest BCUT2D eigenvalue weighted by atomic mass is 16.1. The Balaban J connectivity index is 2.75. The second kappa shape index (κ2) is 4.01. The summed E-state index contributed by atoms with van der Waals surface area (Å²) >= 11 is 0. The quantitative estimate of drug-likeness (QED) is 0.676. The van der Waals surface area contributed by atoms with Crippen LogP contribution in [0.1, 0.15) is 33.6 Å². The molecule has 2 nitrogen and oxygen atoms in total. The first-order valence-corrected chi connectivity index (χ1v) is 5.50. The molecule has 1 rings (SSSR count). The Morgan fingerprint density at radius 1 is 1.43 bits per heavy atom. The lowest BCUT2D eigenvalue weighted by atomic mass is 9.65. The van der Waals surface area contributed by atoms with Gasteiger partial charge in [-0.15, -0.1) is 0 Å². The van der Waals surface area contributed by atoms with E-state index in [4.69, 9.17) is 0 Å². The highest BCUT2D eigenvalue weighted by molar-refractivity contribution is 5.83. The molecule has 0 heterocycles. The second-order valence-corrected chi connectivity index (χ2v) is 5.78. The molecule has 2 heteroatoms. The number of ketones is 1. The summed E-state index contributed by atoms with van der Waals surface area (Å²) in [7, 11) is 4.09. The normalized spacial score (nSPS) is 32.3. The molecule has 0 amide bonds. The van der Waals surface area contributed by atoms with Crippen LogP contribution < -0.4 is 0 Å². The predicted molar refractivity (Wildman–Crippen MR) is 59.2 cm³/mol. The molecule has 1 aliphatic carbocycles. The van der Waals surface area contributed by atoms with Crippen molar-refractivity contribution in [1.82, 2.24) is 4.90 Å². The zero-order valence-electron chi connectivity index (χ0n) is 10.1. The Labute approximate surface area is 87.7 Å². The molecule has 0 aliphatic heterocycles. The van der Waals surface area contributed by atoms with E-state index in [1.54, 1.807) is 0 Å². The fraction of sp³-hybridized carbons (Fsp3) is 0.917. The molecule has 82 valence electrons. The third-order valence-electron chi connectivity index (χ3n) is 3.30. The number of hydrogen-bond acceptors (Lipinski definition) is 2. The first-order valence-electron chi connectivity index (χ1n) is 5.50. The van der Waals surface area contributed by atoms with E-state index in [1.165, 1.54) is 6.42 Å². The van der Waals surface area contributed by atoms with Gasteiger partial charge >= 0.3 is 0 Å². The molecule has 1 saturated carbocycles. The number of carbonyl (C=O) groups is 1. The average molecular weight is 197 g/mol. The van der Waals surface area contributed by atoms with Crippen LogP contribution in [-0.4, -0.2) is 31.3 Å². The van der Waals surface area contributed by atoms with Crippen LogP contribution in [-0.2, 0) is 4.79 Å². The van der Waals surface area contributed by atoms with Gasteiger partial charge in [-0.25, -0.2) is 0 Å². The van der Waals surface area contributed by atoms with Crippen molar-refractivity contribution in [2.75, 3.05) is 20.6 Å². The van der Waals surface area contributed by atoms with Crippen LogP contribution in [0.5, 0.6) is 0 Å². The van der Waals surface area contributed by atoms with Gasteiger partial charge in [-0.3, -0.25) is 4.79 Å². The van der Waals surface area contributed by atoms with Gasteiger partial charge in [-0.2, -0.15) is 0 Å². The smallest absolute Gasteiger partial charge is 0.138 e. The number of hydrogen-bond donors (Lipinski definition) is 0. The molecular formula is C12H23NO. The largest absolute Gasteiger partial charge is 0.309 e.